The number of hydrogen-bond donors (Lipinski definition) is 2. The van der Waals surface area contributed by atoms with Crippen molar-refractivity contribution in [2.24, 2.45) is 4.36 Å². The zero-order valence-electron chi connectivity index (χ0n) is 26.1. The monoisotopic (exact) mass is 688 g/mol. The molecule has 2 fully saturated rings. The van der Waals surface area contributed by atoms with E-state index in [4.69, 9.17) is 40.5 Å². The summed E-state index contributed by atoms with van der Waals surface area (Å²) < 4.78 is 45.7. The van der Waals surface area contributed by atoms with Crippen LogP contribution in [0, 0.1) is 0 Å². The minimum absolute atomic E-state index is 0.0650. The van der Waals surface area contributed by atoms with E-state index < -0.39 is 28.2 Å². The molecule has 0 saturated carbocycles. The largest absolute Gasteiger partial charge is 0.456 e. The summed E-state index contributed by atoms with van der Waals surface area (Å²) in [5, 5.41) is 10.6. The van der Waals surface area contributed by atoms with Crippen molar-refractivity contribution in [1.82, 2.24) is 19.3 Å². The molecule has 0 spiro atoms. The van der Waals surface area contributed by atoms with E-state index in [0.29, 0.717) is 40.2 Å². The number of aliphatic hydroxyl groups is 1. The molecule has 2 N–H and O–H groups in total. The number of nitrogens with one attached hydrogen (secondary N) is 1. The first-order valence-electron chi connectivity index (χ1n) is 15.1. The van der Waals surface area contributed by atoms with Crippen molar-refractivity contribution < 1.29 is 28.3 Å². The Labute approximate surface area is 278 Å². The number of pyridine rings is 1. The summed E-state index contributed by atoms with van der Waals surface area (Å²) in [4.78, 5) is 9.65. The van der Waals surface area contributed by atoms with Crippen molar-refractivity contribution in [2.75, 3.05) is 38.1 Å². The van der Waals surface area contributed by atoms with Crippen LogP contribution in [0.15, 0.2) is 59.0 Å². The van der Waals surface area contributed by atoms with Gasteiger partial charge in [0.1, 0.15) is 46.2 Å². The minimum atomic E-state index is -2.53. The van der Waals surface area contributed by atoms with E-state index in [9.17, 15) is 9.32 Å². The maximum atomic E-state index is 12.7. The van der Waals surface area contributed by atoms with Crippen molar-refractivity contribution in [2.45, 2.75) is 51.0 Å². The summed E-state index contributed by atoms with van der Waals surface area (Å²) in [6.07, 6.45) is 1.78. The van der Waals surface area contributed by atoms with E-state index >= 15 is 0 Å². The highest BCUT2D eigenvalue weighted by molar-refractivity contribution is 7.91. The van der Waals surface area contributed by atoms with Gasteiger partial charge in [0, 0.05) is 17.9 Å². The highest BCUT2D eigenvalue weighted by Gasteiger charge is 2.49. The van der Waals surface area contributed by atoms with Crippen LogP contribution in [0.25, 0.3) is 33.5 Å². The van der Waals surface area contributed by atoms with Gasteiger partial charge in [-0.3, -0.25) is 4.57 Å². The number of fused-ring (bicyclic) bond motifs is 2. The van der Waals surface area contributed by atoms with E-state index in [0.717, 1.165) is 22.4 Å². The molecule has 14 heteroatoms. The zero-order chi connectivity index (χ0) is 32.4. The number of aliphatic hydroxyl groups excluding tert-OH is 1. The molecule has 0 bridgehead atoms. The second-order valence-electron chi connectivity index (χ2n) is 11.7. The molecule has 5 atom stereocenters. The van der Waals surface area contributed by atoms with Gasteiger partial charge < -0.3 is 24.1 Å². The number of imidazole rings is 1. The third kappa shape index (κ3) is 7.37. The molecule has 2 aromatic heterocycles. The molecule has 2 aromatic carbocycles. The lowest BCUT2D eigenvalue weighted by Crippen LogP contribution is -2.35. The Bertz CT molecular complexity index is 1790. The molecule has 0 aliphatic carbocycles. The standard InChI is InChI=1S/C32H38ClN5O6S2/c1-19(2)36-46(4,40)37-23-11-9-21(10-12-23)20-5-7-22(8-6-20)28-24(33)15-25-31(35-28)38(18-41-13-14-45-3)32(34-25)44-27-17-43-29-26(39)16-42-30(27)29/h5-12,15,19,26-27,29-30,39H,13-14,16-18H2,1-4H3,(H,36,37,40)/p+1/t26?,27-,29?,30?,46?/m1/s1. The number of thiol groups is 1. The van der Waals surface area contributed by atoms with Gasteiger partial charge in [0.25, 0.3) is 0 Å². The molecular formula is C32H39ClN5O6S2+. The van der Waals surface area contributed by atoms with Crippen LogP contribution in [0.1, 0.15) is 13.8 Å². The average Bonchev–Trinajstić information content (AvgIpc) is 3.69. The molecule has 4 heterocycles. The van der Waals surface area contributed by atoms with Crippen LogP contribution >= 0.6 is 11.6 Å². The summed E-state index contributed by atoms with van der Waals surface area (Å²) in [7, 11) is -2.53. The van der Waals surface area contributed by atoms with Crippen LogP contribution < -0.4 is 9.46 Å². The molecule has 2 aliphatic heterocycles. The number of hydrogen-bond acceptors (Lipinski definition) is 9. The Kier molecular flexibility index (Phi) is 10.2. The van der Waals surface area contributed by atoms with Crippen LogP contribution in [0.4, 0.5) is 5.69 Å². The molecule has 2 saturated heterocycles. The molecule has 246 valence electrons. The number of benzene rings is 2. The smallest absolute Gasteiger partial charge is 0.301 e. The van der Waals surface area contributed by atoms with Gasteiger partial charge in [-0.1, -0.05) is 48.0 Å². The Morgan fingerprint density at radius 2 is 1.76 bits per heavy atom. The Morgan fingerprint density at radius 1 is 1.09 bits per heavy atom. The lowest BCUT2D eigenvalue weighted by Gasteiger charge is -2.18. The van der Waals surface area contributed by atoms with Gasteiger partial charge in [-0.05, 0) is 54.9 Å². The van der Waals surface area contributed by atoms with Crippen LogP contribution in [-0.2, 0) is 42.6 Å². The predicted molar refractivity (Wildman–Crippen MR) is 183 cm³/mol. The molecular weight excluding hydrogens is 650 g/mol. The topological polar surface area (TPSA) is 129 Å². The minimum Gasteiger partial charge on any atom is -0.456 e. The van der Waals surface area contributed by atoms with Crippen molar-refractivity contribution in [3.63, 3.8) is 0 Å². The molecule has 4 aromatic rings. The summed E-state index contributed by atoms with van der Waals surface area (Å²) in [6, 6.07) is 17.8. The third-order valence-electron chi connectivity index (χ3n) is 7.65. The number of halogens is 1. The fourth-order valence-electron chi connectivity index (χ4n) is 5.61. The van der Waals surface area contributed by atoms with Gasteiger partial charge in [-0.15, -0.1) is 0 Å². The van der Waals surface area contributed by atoms with Crippen LogP contribution in [0.5, 0.6) is 6.01 Å². The fraction of sp³-hybridized carbons (Fsp3) is 0.438. The lowest BCUT2D eigenvalue weighted by atomic mass is 10.0. The van der Waals surface area contributed by atoms with Crippen LogP contribution in [0.3, 0.4) is 0 Å². The van der Waals surface area contributed by atoms with Crippen LogP contribution in [-0.4, -0.2) is 92.4 Å². The zero-order valence-corrected chi connectivity index (χ0v) is 28.6. The highest BCUT2D eigenvalue weighted by Crippen LogP contribution is 2.35. The number of nitrogens with zero attached hydrogens (tertiary/aromatic N) is 4. The Morgan fingerprint density at radius 3 is 2.46 bits per heavy atom. The van der Waals surface area contributed by atoms with E-state index in [1.165, 1.54) is 11.8 Å². The first-order chi connectivity index (χ1) is 22.1. The van der Waals surface area contributed by atoms with Gasteiger partial charge in [-0.25, -0.2) is 13.9 Å². The number of aromatic nitrogens is 3. The summed E-state index contributed by atoms with van der Waals surface area (Å²) in [5.41, 5.74) is 5.26. The van der Waals surface area contributed by atoms with E-state index in [1.54, 1.807) is 16.9 Å². The van der Waals surface area contributed by atoms with Gasteiger partial charge in [-0.2, -0.15) is 9.35 Å². The van der Waals surface area contributed by atoms with E-state index in [2.05, 4.69) is 15.3 Å². The average molecular weight is 689 g/mol. The Hall–Kier alpha value is -2.75. The molecule has 11 nitrogen and oxygen atoms in total. The maximum absolute atomic E-state index is 12.7. The normalized spacial score (nSPS) is 22.3. The summed E-state index contributed by atoms with van der Waals surface area (Å²) in [6.45, 7) is 5.14. The Balaban J connectivity index is 1.26. The number of ether oxygens (including phenoxy) is 4. The quantitative estimate of drug-likeness (QED) is 0.128. The van der Waals surface area contributed by atoms with Gasteiger partial charge in [0.15, 0.2) is 11.8 Å². The molecule has 0 radical (unpaired) electrons. The van der Waals surface area contributed by atoms with Crippen molar-refractivity contribution in [3.8, 4) is 28.4 Å². The maximum Gasteiger partial charge on any atom is 0.301 e. The lowest BCUT2D eigenvalue weighted by molar-refractivity contribution is 0.00344. The van der Waals surface area contributed by atoms with Gasteiger partial charge >= 0.3 is 6.01 Å². The number of rotatable bonds is 12. The SMILES string of the molecule is C[SH+]CCOCn1c(O[C@@H]2COC3C(O)COC32)nc2cc(Cl)c(-c3ccc(-c4ccc(N=S(C)(=O)NC(C)C)cc4)cc3)nc21. The predicted octanol–water partition coefficient (Wildman–Crippen LogP) is 4.39. The molecule has 6 rings (SSSR count). The van der Waals surface area contributed by atoms with Crippen LogP contribution in [0.2, 0.25) is 5.02 Å². The first-order valence-corrected chi connectivity index (χ1v) is 18.9. The molecule has 46 heavy (non-hydrogen) atoms. The second-order valence-corrected chi connectivity index (χ2v) is 15.2. The second kappa shape index (κ2) is 14.2. The molecule has 0 amide bonds. The summed E-state index contributed by atoms with van der Waals surface area (Å²) in [5.74, 6) is 0.900. The molecule has 2 aliphatic rings. The highest BCUT2D eigenvalue weighted by atomic mass is 35.5. The molecule has 4 unspecified atom stereocenters. The van der Waals surface area contributed by atoms with Crippen molar-refractivity contribution >= 4 is 50.1 Å². The van der Waals surface area contributed by atoms with E-state index in [-0.39, 0.29) is 32.1 Å². The van der Waals surface area contributed by atoms with Crippen molar-refractivity contribution in [1.29, 1.82) is 0 Å². The first kappa shape index (κ1) is 33.2. The third-order valence-corrected chi connectivity index (χ3v) is 10.0. The van der Waals surface area contributed by atoms with Crippen molar-refractivity contribution in [3.05, 3.63) is 59.6 Å². The summed E-state index contributed by atoms with van der Waals surface area (Å²) >= 11 is 8.01. The van der Waals surface area contributed by atoms with Gasteiger partial charge in [0.05, 0.1) is 42.5 Å². The fourth-order valence-corrected chi connectivity index (χ4v) is 7.62. The van der Waals surface area contributed by atoms with E-state index in [1.807, 2.05) is 62.4 Å². The van der Waals surface area contributed by atoms with Gasteiger partial charge in [0.2, 0.25) is 0 Å².